The Bertz CT molecular complexity index is 736. The molecule has 2 aromatic rings. The molecule has 1 N–H and O–H groups in total. The zero-order valence-electron chi connectivity index (χ0n) is 11.7. The van der Waals surface area contributed by atoms with E-state index in [9.17, 15) is 10.4 Å². The number of aromatic nitrogens is 1. The lowest BCUT2D eigenvalue weighted by Gasteiger charge is -2.23. The maximum Gasteiger partial charge on any atom is 0.103 e. The second-order valence-corrected chi connectivity index (χ2v) is 6.12. The molecule has 106 valence electrons. The minimum atomic E-state index is -0.182. The third-order valence-corrected chi connectivity index (χ3v) is 5.00. The molecule has 0 bridgehead atoms. The van der Waals surface area contributed by atoms with E-state index in [4.69, 9.17) is 0 Å². The lowest BCUT2D eigenvalue weighted by molar-refractivity contribution is 0.133. The highest BCUT2D eigenvalue weighted by molar-refractivity contribution is 5.94. The summed E-state index contributed by atoms with van der Waals surface area (Å²) in [7, 11) is 0. The van der Waals surface area contributed by atoms with E-state index in [1.807, 2.05) is 24.3 Å². The highest BCUT2D eigenvalue weighted by Gasteiger charge is 2.42. The molecule has 4 nitrogen and oxygen atoms in total. The topological polar surface area (TPSA) is 60.2 Å². The van der Waals surface area contributed by atoms with E-state index in [1.165, 1.54) is 0 Å². The smallest absolute Gasteiger partial charge is 0.103 e. The summed E-state index contributed by atoms with van der Waals surface area (Å²) < 4.78 is 0. The van der Waals surface area contributed by atoms with Crippen LogP contribution in [0.15, 0.2) is 30.5 Å². The standard InChI is InChI=1S/C17H17N3O/c18-7-12-8-19-15-4-2-1-3-13(15)17(12)20-9-11-5-6-16(21)14(11)10-20/h1-4,8,11,14,16,21H,5-6,9-10H2. The summed E-state index contributed by atoms with van der Waals surface area (Å²) >= 11 is 0. The van der Waals surface area contributed by atoms with Gasteiger partial charge in [-0.3, -0.25) is 4.98 Å². The van der Waals surface area contributed by atoms with Gasteiger partial charge in [0, 0.05) is 30.6 Å². The molecule has 2 heterocycles. The fourth-order valence-electron chi connectivity index (χ4n) is 3.97. The Kier molecular flexibility index (Phi) is 2.83. The van der Waals surface area contributed by atoms with E-state index in [1.54, 1.807) is 6.20 Å². The molecule has 1 aromatic carbocycles. The Morgan fingerprint density at radius 3 is 2.90 bits per heavy atom. The van der Waals surface area contributed by atoms with Crippen molar-refractivity contribution in [1.29, 1.82) is 5.26 Å². The van der Waals surface area contributed by atoms with Gasteiger partial charge in [0.05, 0.1) is 22.9 Å². The second kappa shape index (κ2) is 4.71. The number of aliphatic hydroxyl groups is 1. The van der Waals surface area contributed by atoms with Crippen molar-refractivity contribution in [2.75, 3.05) is 18.0 Å². The fraction of sp³-hybridized carbons (Fsp3) is 0.412. The van der Waals surface area contributed by atoms with Crippen molar-refractivity contribution < 1.29 is 5.11 Å². The molecule has 0 spiro atoms. The molecular weight excluding hydrogens is 262 g/mol. The third kappa shape index (κ3) is 1.89. The molecule has 2 fully saturated rings. The highest BCUT2D eigenvalue weighted by Crippen LogP contribution is 2.42. The Labute approximate surface area is 123 Å². The predicted octanol–water partition coefficient (Wildman–Crippen LogP) is 2.31. The predicted molar refractivity (Wildman–Crippen MR) is 80.9 cm³/mol. The molecule has 1 aliphatic heterocycles. The van der Waals surface area contributed by atoms with Crippen molar-refractivity contribution in [2.24, 2.45) is 11.8 Å². The van der Waals surface area contributed by atoms with Crippen molar-refractivity contribution in [3.05, 3.63) is 36.0 Å². The van der Waals surface area contributed by atoms with Crippen LogP contribution in [0.5, 0.6) is 0 Å². The van der Waals surface area contributed by atoms with Gasteiger partial charge in [-0.25, -0.2) is 0 Å². The molecule has 2 aliphatic rings. The number of fused-ring (bicyclic) bond motifs is 2. The summed E-state index contributed by atoms with van der Waals surface area (Å²) in [6.45, 7) is 1.78. The average molecular weight is 279 g/mol. The van der Waals surface area contributed by atoms with Crippen LogP contribution in [0.25, 0.3) is 10.9 Å². The number of anilines is 1. The normalized spacial score (nSPS) is 27.8. The number of hydrogen-bond acceptors (Lipinski definition) is 4. The first-order valence-corrected chi connectivity index (χ1v) is 7.49. The number of benzene rings is 1. The van der Waals surface area contributed by atoms with Crippen LogP contribution < -0.4 is 4.90 Å². The van der Waals surface area contributed by atoms with Crippen LogP contribution in [0, 0.1) is 23.2 Å². The monoisotopic (exact) mass is 279 g/mol. The summed E-state index contributed by atoms with van der Waals surface area (Å²) in [5.74, 6) is 0.905. The third-order valence-electron chi connectivity index (χ3n) is 5.00. The highest BCUT2D eigenvalue weighted by atomic mass is 16.3. The Morgan fingerprint density at radius 1 is 1.24 bits per heavy atom. The Hall–Kier alpha value is -2.12. The summed E-state index contributed by atoms with van der Waals surface area (Å²) in [5, 5.41) is 20.6. The molecule has 1 saturated heterocycles. The van der Waals surface area contributed by atoms with Crippen molar-refractivity contribution >= 4 is 16.6 Å². The number of rotatable bonds is 1. The number of nitriles is 1. The molecule has 0 radical (unpaired) electrons. The lowest BCUT2D eigenvalue weighted by Crippen LogP contribution is -2.25. The molecule has 3 unspecified atom stereocenters. The fourth-order valence-corrected chi connectivity index (χ4v) is 3.97. The van der Waals surface area contributed by atoms with Crippen molar-refractivity contribution in [3.8, 4) is 6.07 Å². The van der Waals surface area contributed by atoms with E-state index in [0.717, 1.165) is 42.5 Å². The van der Waals surface area contributed by atoms with Crippen LogP contribution in [0.3, 0.4) is 0 Å². The Balaban J connectivity index is 1.81. The van der Waals surface area contributed by atoms with Gasteiger partial charge in [0.2, 0.25) is 0 Å². The van der Waals surface area contributed by atoms with Gasteiger partial charge in [0.1, 0.15) is 6.07 Å². The molecule has 0 amide bonds. The molecule has 1 saturated carbocycles. The maximum absolute atomic E-state index is 10.1. The molecule has 4 rings (SSSR count). The maximum atomic E-state index is 10.1. The largest absolute Gasteiger partial charge is 0.393 e. The summed E-state index contributed by atoms with van der Waals surface area (Å²) in [6, 6.07) is 10.2. The minimum Gasteiger partial charge on any atom is -0.393 e. The number of aliphatic hydroxyl groups excluding tert-OH is 1. The van der Waals surface area contributed by atoms with Crippen LogP contribution in [0.1, 0.15) is 18.4 Å². The van der Waals surface area contributed by atoms with Crippen LogP contribution in [-0.4, -0.2) is 29.3 Å². The summed E-state index contributed by atoms with van der Waals surface area (Å²) in [5.41, 5.74) is 2.54. The van der Waals surface area contributed by atoms with E-state index < -0.39 is 0 Å². The molecule has 3 atom stereocenters. The average Bonchev–Trinajstić information content (AvgIpc) is 3.08. The van der Waals surface area contributed by atoms with Gasteiger partial charge < -0.3 is 10.0 Å². The van der Waals surface area contributed by atoms with Crippen LogP contribution in [-0.2, 0) is 0 Å². The number of para-hydroxylation sites is 1. The first-order valence-electron chi connectivity index (χ1n) is 7.49. The zero-order chi connectivity index (χ0) is 14.4. The van der Waals surface area contributed by atoms with E-state index in [0.29, 0.717) is 17.4 Å². The van der Waals surface area contributed by atoms with E-state index >= 15 is 0 Å². The van der Waals surface area contributed by atoms with Crippen LogP contribution >= 0.6 is 0 Å². The van der Waals surface area contributed by atoms with Gasteiger partial charge in [-0.15, -0.1) is 0 Å². The minimum absolute atomic E-state index is 0.182. The van der Waals surface area contributed by atoms with Crippen LogP contribution in [0.2, 0.25) is 0 Å². The van der Waals surface area contributed by atoms with E-state index in [2.05, 4.69) is 16.0 Å². The van der Waals surface area contributed by atoms with E-state index in [-0.39, 0.29) is 6.10 Å². The Morgan fingerprint density at radius 2 is 2.10 bits per heavy atom. The molecule has 1 aromatic heterocycles. The number of pyridine rings is 1. The van der Waals surface area contributed by atoms with Crippen LogP contribution in [0.4, 0.5) is 5.69 Å². The lowest BCUT2D eigenvalue weighted by atomic mass is 10.00. The molecule has 1 aliphatic carbocycles. The zero-order valence-corrected chi connectivity index (χ0v) is 11.7. The van der Waals surface area contributed by atoms with Gasteiger partial charge in [-0.05, 0) is 24.8 Å². The number of hydrogen-bond donors (Lipinski definition) is 1. The van der Waals surface area contributed by atoms with Crippen molar-refractivity contribution in [1.82, 2.24) is 4.98 Å². The first kappa shape index (κ1) is 12.6. The van der Waals surface area contributed by atoms with Crippen molar-refractivity contribution in [2.45, 2.75) is 18.9 Å². The summed E-state index contributed by atoms with van der Waals surface area (Å²) in [6.07, 6.45) is 3.50. The summed E-state index contributed by atoms with van der Waals surface area (Å²) in [4.78, 5) is 6.65. The van der Waals surface area contributed by atoms with Gasteiger partial charge in [-0.1, -0.05) is 18.2 Å². The van der Waals surface area contributed by atoms with Gasteiger partial charge >= 0.3 is 0 Å². The second-order valence-electron chi connectivity index (χ2n) is 6.12. The number of nitrogens with zero attached hydrogens (tertiary/aromatic N) is 3. The first-order chi connectivity index (χ1) is 10.3. The van der Waals surface area contributed by atoms with Gasteiger partial charge in [0.15, 0.2) is 0 Å². The van der Waals surface area contributed by atoms with Crippen molar-refractivity contribution in [3.63, 3.8) is 0 Å². The molecule has 21 heavy (non-hydrogen) atoms. The van der Waals surface area contributed by atoms with Gasteiger partial charge in [-0.2, -0.15) is 5.26 Å². The molecular formula is C17H17N3O. The SMILES string of the molecule is N#Cc1cnc2ccccc2c1N1CC2CCC(O)C2C1. The molecule has 4 heteroatoms. The van der Waals surface area contributed by atoms with Gasteiger partial charge in [0.25, 0.3) is 0 Å². The quantitative estimate of drug-likeness (QED) is 0.870.